The zero-order valence-electron chi connectivity index (χ0n) is 19.7. The number of anilines is 2. The Morgan fingerprint density at radius 1 is 0.882 bits per heavy atom. The molecule has 1 amide bonds. The molecule has 0 bridgehead atoms. The summed E-state index contributed by atoms with van der Waals surface area (Å²) in [4.78, 5) is 9.12. The first kappa shape index (κ1) is 30.8. The molecule has 0 aliphatic carbocycles. The molecular formula is C22H38F3N7O2. The van der Waals surface area contributed by atoms with Crippen molar-refractivity contribution in [3.63, 3.8) is 0 Å². The molecule has 1 aromatic rings. The quantitative estimate of drug-likeness (QED) is 0.114. The van der Waals surface area contributed by atoms with Gasteiger partial charge in [-0.1, -0.05) is 64.7 Å². The molecule has 1 rings (SSSR count). The number of primary amides is 1. The fourth-order valence-corrected chi connectivity index (χ4v) is 2.90. The van der Waals surface area contributed by atoms with Gasteiger partial charge < -0.3 is 32.6 Å². The van der Waals surface area contributed by atoms with E-state index in [2.05, 4.69) is 23.3 Å². The molecule has 9 nitrogen and oxygen atoms in total. The van der Waals surface area contributed by atoms with Crippen molar-refractivity contribution in [2.75, 3.05) is 17.2 Å². The van der Waals surface area contributed by atoms with Crippen molar-refractivity contribution in [1.82, 2.24) is 0 Å². The number of hydrogen-bond donors (Lipinski definition) is 7. The third kappa shape index (κ3) is 16.5. The molecule has 10 N–H and O–H groups in total. The Morgan fingerprint density at radius 3 is 1.79 bits per heavy atom. The summed E-state index contributed by atoms with van der Waals surface area (Å²) < 4.78 is 38.0. The molecule has 34 heavy (non-hydrogen) atoms. The van der Waals surface area contributed by atoms with Crippen LogP contribution < -0.4 is 32.6 Å². The van der Waals surface area contributed by atoms with E-state index in [9.17, 15) is 13.2 Å². The van der Waals surface area contributed by atoms with Crippen molar-refractivity contribution in [2.45, 2.75) is 77.3 Å². The van der Waals surface area contributed by atoms with Crippen molar-refractivity contribution in [3.05, 3.63) is 18.2 Å². The van der Waals surface area contributed by atoms with Crippen LogP contribution in [0.15, 0.2) is 18.2 Å². The molecule has 12 heteroatoms. The van der Waals surface area contributed by atoms with Crippen LogP contribution in [0, 0.1) is 10.8 Å². The monoisotopic (exact) mass is 489 g/mol. The molecule has 0 atom stereocenters. The van der Waals surface area contributed by atoms with Gasteiger partial charge in [-0.3, -0.25) is 15.6 Å². The summed E-state index contributed by atoms with van der Waals surface area (Å²) in [5.74, 6) is -1.94. The second kappa shape index (κ2) is 17.3. The van der Waals surface area contributed by atoms with E-state index in [4.69, 9.17) is 31.8 Å². The molecule has 0 aliphatic rings. The topological polar surface area (TPSA) is 176 Å². The van der Waals surface area contributed by atoms with Gasteiger partial charge in [0.1, 0.15) is 5.75 Å². The van der Waals surface area contributed by atoms with Gasteiger partial charge >= 0.3 is 12.1 Å². The summed E-state index contributed by atoms with van der Waals surface area (Å²) in [6, 6.07) is 5.28. The molecule has 0 spiro atoms. The highest BCUT2D eigenvalue weighted by molar-refractivity contribution is 5.94. The summed E-state index contributed by atoms with van der Waals surface area (Å²) >= 11 is 0. The fourth-order valence-electron chi connectivity index (χ4n) is 2.90. The highest BCUT2D eigenvalue weighted by Crippen LogP contribution is 2.28. The van der Waals surface area contributed by atoms with Gasteiger partial charge in [0.2, 0.25) is 0 Å². The number of unbranched alkanes of at least 4 members (excludes halogenated alkanes) is 9. The minimum atomic E-state index is -4.86. The number of nitrogens with two attached hydrogens (primary N) is 3. The summed E-state index contributed by atoms with van der Waals surface area (Å²) in [5, 5.41) is 20.2. The molecule has 0 saturated heterocycles. The van der Waals surface area contributed by atoms with Crippen LogP contribution in [-0.2, 0) is 4.79 Å². The molecule has 1 aromatic carbocycles. The van der Waals surface area contributed by atoms with E-state index in [1.807, 2.05) is 0 Å². The van der Waals surface area contributed by atoms with Crippen molar-refractivity contribution in [2.24, 2.45) is 17.2 Å². The van der Waals surface area contributed by atoms with Crippen LogP contribution in [0.4, 0.5) is 24.5 Å². The molecule has 194 valence electrons. The minimum absolute atomic E-state index is 0.150. The number of guanidine groups is 2. The van der Waals surface area contributed by atoms with Gasteiger partial charge in [0.25, 0.3) is 0 Å². The number of nitrogens with one attached hydrogen (secondary N) is 4. The average Bonchev–Trinajstić information content (AvgIpc) is 2.72. The van der Waals surface area contributed by atoms with Gasteiger partial charge in [-0.05, 0) is 24.6 Å². The van der Waals surface area contributed by atoms with Crippen LogP contribution in [0.25, 0.3) is 0 Å². The van der Waals surface area contributed by atoms with Crippen molar-refractivity contribution >= 4 is 29.2 Å². The largest absolute Gasteiger partial charge is 0.491 e. The highest BCUT2D eigenvalue weighted by Gasteiger charge is 2.35. The Morgan fingerprint density at radius 2 is 1.35 bits per heavy atom. The van der Waals surface area contributed by atoms with Gasteiger partial charge in [0, 0.05) is 5.69 Å². The number of carbonyl (C=O) groups is 1. The number of carbonyl (C=O) groups excluding carboxylic acids is 1. The van der Waals surface area contributed by atoms with Crippen LogP contribution in [0.1, 0.15) is 71.1 Å². The van der Waals surface area contributed by atoms with Crippen LogP contribution in [0.2, 0.25) is 0 Å². The number of ether oxygens (including phenoxy) is 1. The van der Waals surface area contributed by atoms with Gasteiger partial charge in [-0.2, -0.15) is 13.2 Å². The van der Waals surface area contributed by atoms with E-state index in [1.54, 1.807) is 18.2 Å². The first-order chi connectivity index (χ1) is 16.0. The number of rotatable bonds is 14. The lowest BCUT2D eigenvalue weighted by Gasteiger charge is -2.14. The zero-order chi connectivity index (χ0) is 26.0. The van der Waals surface area contributed by atoms with Gasteiger partial charge in [-0.25, -0.2) is 0 Å². The normalized spacial score (nSPS) is 10.6. The lowest BCUT2D eigenvalue weighted by Crippen LogP contribution is -2.30. The molecule has 0 saturated carbocycles. The lowest BCUT2D eigenvalue weighted by molar-refractivity contribution is -0.169. The predicted octanol–water partition coefficient (Wildman–Crippen LogP) is 4.63. The number of halogens is 3. The Bertz CT molecular complexity index is 759. The average molecular weight is 490 g/mol. The van der Waals surface area contributed by atoms with E-state index in [-0.39, 0.29) is 11.9 Å². The number of hydrogen-bond acceptors (Lipinski definition) is 4. The van der Waals surface area contributed by atoms with Gasteiger partial charge in [-0.15, -0.1) is 0 Å². The SMILES string of the molecule is CCCCCCCCCCCCOc1ccc(NC(=N)N)cc1NC(=N)N.NC(=O)C(F)(F)F. The number of benzene rings is 1. The van der Waals surface area contributed by atoms with Crippen molar-refractivity contribution < 1.29 is 22.7 Å². The Kier molecular flexibility index (Phi) is 15.7. The standard InChI is InChI=1S/C20H36N6O.C2H2F3NO/c1-2-3-4-5-6-7-8-9-10-11-14-27-18-13-12-16(25-19(21)22)15-17(18)26-20(23)24;3-2(4,5)1(6)7/h12-13,15H,2-11,14H2,1H3,(H4,21,22,25)(H4,23,24,26);(H2,6,7). The predicted molar refractivity (Wildman–Crippen MR) is 130 cm³/mol. The van der Waals surface area contributed by atoms with Gasteiger partial charge in [0.05, 0.1) is 12.3 Å². The maximum atomic E-state index is 10.7. The molecule has 0 aromatic heterocycles. The third-order valence-electron chi connectivity index (χ3n) is 4.56. The second-order valence-electron chi connectivity index (χ2n) is 7.68. The van der Waals surface area contributed by atoms with Crippen LogP contribution in [0.3, 0.4) is 0 Å². The molecule has 0 heterocycles. The summed E-state index contributed by atoms with van der Waals surface area (Å²) in [6.07, 6.45) is 7.96. The van der Waals surface area contributed by atoms with Gasteiger partial charge in [0.15, 0.2) is 11.9 Å². The molecule has 0 aliphatic heterocycles. The van der Waals surface area contributed by atoms with Crippen LogP contribution >= 0.6 is 0 Å². The summed E-state index contributed by atoms with van der Waals surface area (Å²) in [7, 11) is 0. The number of amides is 1. The Balaban J connectivity index is 0.00000135. The zero-order valence-corrected chi connectivity index (χ0v) is 19.7. The Hall–Kier alpha value is -3.18. The fraction of sp³-hybridized carbons (Fsp3) is 0.591. The van der Waals surface area contributed by atoms with Crippen LogP contribution in [-0.4, -0.2) is 30.6 Å². The van der Waals surface area contributed by atoms with E-state index < -0.39 is 12.1 Å². The van der Waals surface area contributed by atoms with E-state index in [0.29, 0.717) is 23.7 Å². The first-order valence-corrected chi connectivity index (χ1v) is 11.3. The number of alkyl halides is 3. The minimum Gasteiger partial charge on any atom is -0.491 e. The van der Waals surface area contributed by atoms with E-state index in [0.717, 1.165) is 12.8 Å². The maximum Gasteiger partial charge on any atom is 0.470 e. The van der Waals surface area contributed by atoms with Crippen molar-refractivity contribution in [1.29, 1.82) is 10.8 Å². The third-order valence-corrected chi connectivity index (χ3v) is 4.56. The molecule has 0 radical (unpaired) electrons. The summed E-state index contributed by atoms with van der Waals surface area (Å²) in [5.41, 5.74) is 15.8. The van der Waals surface area contributed by atoms with Crippen molar-refractivity contribution in [3.8, 4) is 5.75 Å². The second-order valence-corrected chi connectivity index (χ2v) is 7.68. The summed E-state index contributed by atoms with van der Waals surface area (Å²) in [6.45, 7) is 2.88. The molecule has 0 unspecified atom stereocenters. The smallest absolute Gasteiger partial charge is 0.470 e. The molecule has 0 fully saturated rings. The van der Waals surface area contributed by atoms with E-state index >= 15 is 0 Å². The first-order valence-electron chi connectivity index (χ1n) is 11.3. The maximum absolute atomic E-state index is 10.7. The Labute approximate surface area is 199 Å². The molecular weight excluding hydrogens is 451 g/mol. The van der Waals surface area contributed by atoms with E-state index in [1.165, 1.54) is 51.4 Å². The van der Waals surface area contributed by atoms with Crippen LogP contribution in [0.5, 0.6) is 5.75 Å². The highest BCUT2D eigenvalue weighted by atomic mass is 19.4. The lowest BCUT2D eigenvalue weighted by atomic mass is 10.1.